The zero-order valence-corrected chi connectivity index (χ0v) is 16.8. The summed E-state index contributed by atoms with van der Waals surface area (Å²) in [5, 5.41) is 10.6. The third-order valence-electron chi connectivity index (χ3n) is 5.75. The van der Waals surface area contributed by atoms with Crippen molar-refractivity contribution in [2.24, 2.45) is 0 Å². The van der Waals surface area contributed by atoms with Crippen molar-refractivity contribution in [1.29, 1.82) is 0 Å². The van der Waals surface area contributed by atoms with Gasteiger partial charge in [-0.05, 0) is 42.8 Å². The van der Waals surface area contributed by atoms with Crippen LogP contribution < -0.4 is 0 Å². The van der Waals surface area contributed by atoms with Crippen LogP contribution in [0, 0.1) is 6.92 Å². The molecular formula is C24H22N4O2. The molecule has 0 bridgehead atoms. The number of nitrogens with zero attached hydrogens (tertiary/aromatic N) is 4. The van der Waals surface area contributed by atoms with Gasteiger partial charge in [0.05, 0.1) is 5.92 Å². The van der Waals surface area contributed by atoms with Gasteiger partial charge < -0.3 is 9.32 Å². The van der Waals surface area contributed by atoms with Crippen LogP contribution >= 0.6 is 0 Å². The van der Waals surface area contributed by atoms with Gasteiger partial charge >= 0.3 is 0 Å². The number of amides is 1. The van der Waals surface area contributed by atoms with E-state index in [1.807, 2.05) is 66.4 Å². The van der Waals surface area contributed by atoms with Crippen LogP contribution in [-0.2, 0) is 0 Å². The van der Waals surface area contributed by atoms with Crippen molar-refractivity contribution in [3.63, 3.8) is 0 Å². The number of hydrogen-bond acceptors (Lipinski definition) is 5. The molecule has 0 N–H and O–H groups in total. The predicted molar refractivity (Wildman–Crippen MR) is 114 cm³/mol. The first-order chi connectivity index (χ1) is 14.7. The highest BCUT2D eigenvalue weighted by atomic mass is 16.4. The van der Waals surface area contributed by atoms with Gasteiger partial charge in [0.15, 0.2) is 0 Å². The highest BCUT2D eigenvalue weighted by molar-refractivity contribution is 5.95. The van der Waals surface area contributed by atoms with Gasteiger partial charge in [-0.2, -0.15) is 0 Å². The van der Waals surface area contributed by atoms with Crippen LogP contribution in [0.4, 0.5) is 0 Å². The lowest BCUT2D eigenvalue weighted by molar-refractivity contribution is 0.0697. The van der Waals surface area contributed by atoms with Gasteiger partial charge in [-0.3, -0.25) is 9.78 Å². The molecule has 1 unspecified atom stereocenters. The SMILES string of the molecule is Cc1ccccc1C(=O)N1CCCC(c2nnc(-c3nccc4ccccc34)o2)C1. The summed E-state index contributed by atoms with van der Waals surface area (Å²) in [7, 11) is 0. The Hall–Kier alpha value is -3.54. The lowest BCUT2D eigenvalue weighted by Gasteiger charge is -2.31. The van der Waals surface area contributed by atoms with Crippen molar-refractivity contribution in [3.05, 3.63) is 77.8 Å². The molecular weight excluding hydrogens is 376 g/mol. The molecule has 0 radical (unpaired) electrons. The van der Waals surface area contributed by atoms with E-state index >= 15 is 0 Å². The molecule has 6 nitrogen and oxygen atoms in total. The Morgan fingerprint density at radius 3 is 2.80 bits per heavy atom. The minimum Gasteiger partial charge on any atom is -0.419 e. The number of carbonyl (C=O) groups is 1. The van der Waals surface area contributed by atoms with E-state index in [4.69, 9.17) is 4.42 Å². The number of fused-ring (bicyclic) bond motifs is 1. The molecule has 3 heterocycles. The second-order valence-electron chi connectivity index (χ2n) is 7.73. The van der Waals surface area contributed by atoms with Crippen LogP contribution in [0.25, 0.3) is 22.4 Å². The van der Waals surface area contributed by atoms with Crippen molar-refractivity contribution in [1.82, 2.24) is 20.1 Å². The summed E-state index contributed by atoms with van der Waals surface area (Å²) in [6, 6.07) is 17.7. The summed E-state index contributed by atoms with van der Waals surface area (Å²) in [5.41, 5.74) is 2.44. The van der Waals surface area contributed by atoms with Crippen LogP contribution in [0.15, 0.2) is 65.2 Å². The smallest absolute Gasteiger partial charge is 0.266 e. The molecule has 30 heavy (non-hydrogen) atoms. The maximum Gasteiger partial charge on any atom is 0.266 e. The molecule has 150 valence electrons. The molecule has 2 aromatic heterocycles. The van der Waals surface area contributed by atoms with E-state index in [2.05, 4.69) is 15.2 Å². The maximum atomic E-state index is 13.0. The van der Waals surface area contributed by atoms with Crippen LogP contribution in [0.1, 0.15) is 40.6 Å². The summed E-state index contributed by atoms with van der Waals surface area (Å²) < 4.78 is 6.05. The molecule has 0 saturated carbocycles. The Morgan fingerprint density at radius 1 is 1.07 bits per heavy atom. The molecule has 0 spiro atoms. The lowest BCUT2D eigenvalue weighted by atomic mass is 9.97. The predicted octanol–water partition coefficient (Wildman–Crippen LogP) is 4.61. The van der Waals surface area contributed by atoms with Gasteiger partial charge in [0, 0.05) is 30.2 Å². The number of likely N-dealkylation sites (tertiary alicyclic amines) is 1. The van der Waals surface area contributed by atoms with Gasteiger partial charge in [0.25, 0.3) is 11.8 Å². The fourth-order valence-electron chi connectivity index (χ4n) is 4.13. The molecule has 5 rings (SSSR count). The third kappa shape index (κ3) is 3.34. The highest BCUT2D eigenvalue weighted by Gasteiger charge is 2.29. The minimum absolute atomic E-state index is 0.0305. The topological polar surface area (TPSA) is 72.1 Å². The first kappa shape index (κ1) is 18.5. The first-order valence-electron chi connectivity index (χ1n) is 10.2. The number of piperidine rings is 1. The largest absolute Gasteiger partial charge is 0.419 e. The van der Waals surface area contributed by atoms with Gasteiger partial charge in [-0.25, -0.2) is 0 Å². The first-order valence-corrected chi connectivity index (χ1v) is 10.2. The maximum absolute atomic E-state index is 13.0. The standard InChI is InChI=1S/C24H22N4O2/c1-16-7-2-4-10-19(16)24(29)28-14-6-9-18(15-28)22-26-27-23(30-22)21-20-11-5-3-8-17(20)12-13-25-21/h2-5,7-8,10-13,18H,6,9,14-15H2,1H3. The molecule has 1 fully saturated rings. The molecule has 1 saturated heterocycles. The molecule has 1 atom stereocenters. The van der Waals surface area contributed by atoms with E-state index in [0.717, 1.165) is 41.3 Å². The number of hydrogen-bond donors (Lipinski definition) is 0. The zero-order chi connectivity index (χ0) is 20.5. The van der Waals surface area contributed by atoms with Crippen molar-refractivity contribution >= 4 is 16.7 Å². The van der Waals surface area contributed by atoms with E-state index < -0.39 is 0 Å². The van der Waals surface area contributed by atoms with Crippen molar-refractivity contribution < 1.29 is 9.21 Å². The molecule has 1 aliphatic heterocycles. The fourth-order valence-corrected chi connectivity index (χ4v) is 4.13. The quantitative estimate of drug-likeness (QED) is 0.504. The summed E-state index contributed by atoms with van der Waals surface area (Å²) >= 11 is 0. The third-order valence-corrected chi connectivity index (χ3v) is 5.75. The Morgan fingerprint density at radius 2 is 1.90 bits per heavy atom. The van der Waals surface area contributed by atoms with E-state index in [1.54, 1.807) is 6.20 Å². The van der Waals surface area contributed by atoms with E-state index in [0.29, 0.717) is 24.0 Å². The number of pyridine rings is 1. The van der Waals surface area contributed by atoms with E-state index in [9.17, 15) is 4.79 Å². The van der Waals surface area contributed by atoms with Crippen LogP contribution in [0.5, 0.6) is 0 Å². The molecule has 1 amide bonds. The second-order valence-corrected chi connectivity index (χ2v) is 7.73. The number of aryl methyl sites for hydroxylation is 1. The fraction of sp³-hybridized carbons (Fsp3) is 0.250. The Labute approximate surface area is 174 Å². The number of rotatable bonds is 3. The molecule has 6 heteroatoms. The number of carbonyl (C=O) groups excluding carboxylic acids is 1. The van der Waals surface area contributed by atoms with Gasteiger partial charge in [-0.15, -0.1) is 10.2 Å². The van der Waals surface area contributed by atoms with E-state index in [1.165, 1.54) is 0 Å². The van der Waals surface area contributed by atoms with Crippen LogP contribution in [-0.4, -0.2) is 39.1 Å². The lowest BCUT2D eigenvalue weighted by Crippen LogP contribution is -2.39. The Bertz CT molecular complexity index is 1210. The molecule has 2 aromatic carbocycles. The average molecular weight is 398 g/mol. The monoisotopic (exact) mass is 398 g/mol. The Balaban J connectivity index is 1.40. The highest BCUT2D eigenvalue weighted by Crippen LogP contribution is 2.31. The summed E-state index contributed by atoms with van der Waals surface area (Å²) in [4.78, 5) is 19.4. The van der Waals surface area contributed by atoms with Crippen molar-refractivity contribution in [2.45, 2.75) is 25.7 Å². The number of benzene rings is 2. The normalized spacial score (nSPS) is 16.7. The molecule has 0 aliphatic carbocycles. The molecule has 4 aromatic rings. The van der Waals surface area contributed by atoms with E-state index in [-0.39, 0.29) is 11.8 Å². The summed E-state index contributed by atoms with van der Waals surface area (Å²) in [6.45, 7) is 3.30. The van der Waals surface area contributed by atoms with Crippen molar-refractivity contribution in [3.8, 4) is 11.6 Å². The van der Waals surface area contributed by atoms with Gasteiger partial charge in [-0.1, -0.05) is 42.5 Å². The van der Waals surface area contributed by atoms with Crippen LogP contribution in [0.2, 0.25) is 0 Å². The second kappa shape index (κ2) is 7.71. The van der Waals surface area contributed by atoms with Gasteiger partial charge in [0.1, 0.15) is 5.69 Å². The average Bonchev–Trinajstić information content (AvgIpc) is 3.29. The zero-order valence-electron chi connectivity index (χ0n) is 16.8. The summed E-state index contributed by atoms with van der Waals surface area (Å²) in [5.74, 6) is 1.09. The number of aromatic nitrogens is 3. The summed E-state index contributed by atoms with van der Waals surface area (Å²) in [6.07, 6.45) is 3.58. The minimum atomic E-state index is 0.0305. The van der Waals surface area contributed by atoms with Crippen LogP contribution in [0.3, 0.4) is 0 Å². The Kier molecular flexibility index (Phi) is 4.75. The van der Waals surface area contributed by atoms with Gasteiger partial charge in [0.2, 0.25) is 5.89 Å². The van der Waals surface area contributed by atoms with Crippen molar-refractivity contribution in [2.75, 3.05) is 13.1 Å². The molecule has 1 aliphatic rings.